The van der Waals surface area contributed by atoms with Gasteiger partial charge in [-0.25, -0.2) is 13.6 Å². The van der Waals surface area contributed by atoms with Crippen LogP contribution < -0.4 is 5.14 Å². The second-order valence-electron chi connectivity index (χ2n) is 4.15. The van der Waals surface area contributed by atoms with E-state index in [2.05, 4.69) is 0 Å². The highest BCUT2D eigenvalue weighted by molar-refractivity contribution is 7.89. The molecule has 2 unspecified atom stereocenters. The molecule has 0 bridgehead atoms. The molecule has 2 fully saturated rings. The predicted octanol–water partition coefficient (Wildman–Crippen LogP) is 0.711. The fourth-order valence-electron chi connectivity index (χ4n) is 2.02. The van der Waals surface area contributed by atoms with Gasteiger partial charge in [-0.2, -0.15) is 0 Å². The fourth-order valence-corrected chi connectivity index (χ4v) is 2.65. The second kappa shape index (κ2) is 2.70. The van der Waals surface area contributed by atoms with Crippen LogP contribution in [0.2, 0.25) is 0 Å². The van der Waals surface area contributed by atoms with E-state index in [0.717, 1.165) is 18.3 Å². The van der Waals surface area contributed by atoms with E-state index in [1.807, 2.05) is 0 Å². The van der Waals surface area contributed by atoms with Gasteiger partial charge in [-0.3, -0.25) is 0 Å². The van der Waals surface area contributed by atoms with Crippen LogP contribution in [0, 0.1) is 17.8 Å². The van der Waals surface area contributed by atoms with Crippen LogP contribution in [0.1, 0.15) is 25.7 Å². The molecule has 0 aromatic heterocycles. The number of hydrogen-bond acceptors (Lipinski definition) is 2. The van der Waals surface area contributed by atoms with E-state index in [4.69, 9.17) is 5.14 Å². The van der Waals surface area contributed by atoms with E-state index in [0.29, 0.717) is 5.92 Å². The predicted molar refractivity (Wildman–Crippen MR) is 46.9 cm³/mol. The molecule has 0 amide bonds. The summed E-state index contributed by atoms with van der Waals surface area (Å²) < 4.78 is 21.3. The number of primary sulfonamides is 1. The lowest BCUT2D eigenvalue weighted by Gasteiger charge is -1.96. The Balaban J connectivity index is 1.69. The first-order valence-electron chi connectivity index (χ1n) is 4.57. The van der Waals surface area contributed by atoms with Gasteiger partial charge in [-0.05, 0) is 43.4 Å². The molecule has 0 aromatic carbocycles. The van der Waals surface area contributed by atoms with E-state index in [1.165, 1.54) is 19.3 Å². The summed E-state index contributed by atoms with van der Waals surface area (Å²) in [6, 6.07) is 0. The van der Waals surface area contributed by atoms with Crippen molar-refractivity contribution in [2.45, 2.75) is 25.7 Å². The smallest absolute Gasteiger partial charge is 0.209 e. The van der Waals surface area contributed by atoms with E-state index < -0.39 is 10.0 Å². The van der Waals surface area contributed by atoms with Crippen molar-refractivity contribution in [2.75, 3.05) is 5.75 Å². The molecule has 0 radical (unpaired) electrons. The summed E-state index contributed by atoms with van der Waals surface area (Å²) in [7, 11) is -3.21. The normalized spacial score (nSPS) is 35.1. The standard InChI is InChI=1S/C8H15NO2S/c9-12(10,11)4-3-7-5-8(7)6-1-2-6/h6-8H,1-5H2,(H2,9,10,11). The van der Waals surface area contributed by atoms with Gasteiger partial charge in [0.05, 0.1) is 5.75 Å². The summed E-state index contributed by atoms with van der Waals surface area (Å²) in [4.78, 5) is 0. The lowest BCUT2D eigenvalue weighted by atomic mass is 10.2. The van der Waals surface area contributed by atoms with Gasteiger partial charge < -0.3 is 0 Å². The molecule has 0 aromatic rings. The lowest BCUT2D eigenvalue weighted by Crippen LogP contribution is -2.16. The van der Waals surface area contributed by atoms with Crippen molar-refractivity contribution in [2.24, 2.45) is 22.9 Å². The Bertz CT molecular complexity index is 269. The largest absolute Gasteiger partial charge is 0.229 e. The molecule has 0 saturated heterocycles. The molecule has 70 valence electrons. The molecule has 2 aliphatic rings. The molecular formula is C8H15NO2S. The fraction of sp³-hybridized carbons (Fsp3) is 1.00. The molecule has 4 heteroatoms. The monoisotopic (exact) mass is 189 g/mol. The zero-order valence-electron chi connectivity index (χ0n) is 7.07. The summed E-state index contributed by atoms with van der Waals surface area (Å²) in [5.41, 5.74) is 0. The molecule has 2 atom stereocenters. The van der Waals surface area contributed by atoms with Gasteiger partial charge in [0.15, 0.2) is 0 Å². The number of hydrogen-bond donors (Lipinski definition) is 1. The van der Waals surface area contributed by atoms with Crippen LogP contribution in [0.5, 0.6) is 0 Å². The molecule has 0 aliphatic heterocycles. The van der Waals surface area contributed by atoms with Crippen LogP contribution in [0.4, 0.5) is 0 Å². The Morgan fingerprint density at radius 1 is 1.33 bits per heavy atom. The van der Waals surface area contributed by atoms with E-state index >= 15 is 0 Å². The van der Waals surface area contributed by atoms with Crippen molar-refractivity contribution in [1.29, 1.82) is 0 Å². The number of rotatable bonds is 4. The third-order valence-electron chi connectivity index (χ3n) is 2.98. The van der Waals surface area contributed by atoms with Crippen molar-refractivity contribution >= 4 is 10.0 Å². The summed E-state index contributed by atoms with van der Waals surface area (Å²) >= 11 is 0. The van der Waals surface area contributed by atoms with Gasteiger partial charge in [0.1, 0.15) is 0 Å². The van der Waals surface area contributed by atoms with Gasteiger partial charge in [0.2, 0.25) is 10.0 Å². The minimum Gasteiger partial charge on any atom is -0.229 e. The van der Waals surface area contributed by atoms with Crippen molar-refractivity contribution in [3.05, 3.63) is 0 Å². The quantitative estimate of drug-likeness (QED) is 0.708. The molecular weight excluding hydrogens is 174 g/mol. The van der Waals surface area contributed by atoms with Crippen molar-refractivity contribution in [3.63, 3.8) is 0 Å². The molecule has 3 nitrogen and oxygen atoms in total. The van der Waals surface area contributed by atoms with Gasteiger partial charge in [0, 0.05) is 0 Å². The topological polar surface area (TPSA) is 60.2 Å². The summed E-state index contributed by atoms with van der Waals surface area (Å²) in [5.74, 6) is 2.65. The molecule has 0 spiro atoms. The Morgan fingerprint density at radius 2 is 2.00 bits per heavy atom. The first kappa shape index (κ1) is 8.51. The zero-order valence-corrected chi connectivity index (χ0v) is 7.89. The molecule has 2 aliphatic carbocycles. The first-order valence-corrected chi connectivity index (χ1v) is 6.28. The lowest BCUT2D eigenvalue weighted by molar-refractivity contribution is 0.579. The first-order chi connectivity index (χ1) is 5.56. The van der Waals surface area contributed by atoms with E-state index in [-0.39, 0.29) is 5.75 Å². The summed E-state index contributed by atoms with van der Waals surface area (Å²) in [6.45, 7) is 0. The van der Waals surface area contributed by atoms with Crippen molar-refractivity contribution < 1.29 is 8.42 Å². The minimum atomic E-state index is -3.21. The second-order valence-corrected chi connectivity index (χ2v) is 5.89. The molecule has 0 heterocycles. The Kier molecular flexibility index (Phi) is 1.92. The maximum Gasteiger partial charge on any atom is 0.209 e. The molecule has 2 N–H and O–H groups in total. The SMILES string of the molecule is NS(=O)(=O)CCC1CC1C1CC1. The highest BCUT2D eigenvalue weighted by Crippen LogP contribution is 2.55. The maximum absolute atomic E-state index is 10.6. The molecule has 12 heavy (non-hydrogen) atoms. The van der Waals surface area contributed by atoms with Crippen molar-refractivity contribution in [3.8, 4) is 0 Å². The molecule has 2 saturated carbocycles. The van der Waals surface area contributed by atoms with Crippen LogP contribution in [-0.4, -0.2) is 14.2 Å². The van der Waals surface area contributed by atoms with Crippen LogP contribution in [0.3, 0.4) is 0 Å². The third kappa shape index (κ3) is 2.20. The summed E-state index contributed by atoms with van der Waals surface area (Å²) in [6.07, 6.45) is 4.78. The van der Waals surface area contributed by atoms with Crippen LogP contribution >= 0.6 is 0 Å². The van der Waals surface area contributed by atoms with Crippen LogP contribution in [-0.2, 0) is 10.0 Å². The van der Waals surface area contributed by atoms with Gasteiger partial charge in [-0.1, -0.05) is 0 Å². The van der Waals surface area contributed by atoms with E-state index in [9.17, 15) is 8.42 Å². The average molecular weight is 189 g/mol. The van der Waals surface area contributed by atoms with Gasteiger partial charge in [0.25, 0.3) is 0 Å². The van der Waals surface area contributed by atoms with Crippen LogP contribution in [0.25, 0.3) is 0 Å². The Hall–Kier alpha value is -0.0900. The number of nitrogens with two attached hydrogens (primary N) is 1. The average Bonchev–Trinajstić information content (AvgIpc) is 2.78. The summed E-state index contributed by atoms with van der Waals surface area (Å²) in [5, 5.41) is 4.92. The van der Waals surface area contributed by atoms with Crippen LogP contribution in [0.15, 0.2) is 0 Å². The number of sulfonamides is 1. The third-order valence-corrected chi connectivity index (χ3v) is 3.78. The highest BCUT2D eigenvalue weighted by atomic mass is 32.2. The Labute approximate surface area is 73.4 Å². The Morgan fingerprint density at radius 3 is 2.50 bits per heavy atom. The highest BCUT2D eigenvalue weighted by Gasteiger charge is 2.46. The van der Waals surface area contributed by atoms with Gasteiger partial charge >= 0.3 is 0 Å². The molecule has 2 rings (SSSR count). The maximum atomic E-state index is 10.6. The van der Waals surface area contributed by atoms with E-state index in [1.54, 1.807) is 0 Å². The van der Waals surface area contributed by atoms with Gasteiger partial charge in [-0.15, -0.1) is 0 Å². The minimum absolute atomic E-state index is 0.181. The zero-order chi connectivity index (χ0) is 8.77. The van der Waals surface area contributed by atoms with Crippen molar-refractivity contribution in [1.82, 2.24) is 0 Å².